The molecule has 0 fully saturated rings. The van der Waals surface area contributed by atoms with E-state index in [2.05, 4.69) is 25.9 Å². The number of likely N-dealkylation sites (N-methyl/N-ethyl adjacent to an activating group) is 1. The van der Waals surface area contributed by atoms with Crippen molar-refractivity contribution < 1.29 is 14.4 Å². The molecule has 0 aromatic rings. The number of urea groups is 1. The van der Waals surface area contributed by atoms with Crippen LogP contribution in [-0.2, 0) is 9.59 Å². The molecular weight excluding hydrogens is 366 g/mol. The average Bonchev–Trinajstić information content (AvgIpc) is 2.57. The molecule has 0 saturated heterocycles. The van der Waals surface area contributed by atoms with Crippen molar-refractivity contribution in [3.63, 3.8) is 0 Å². The minimum atomic E-state index is -0.834. The topological polar surface area (TPSA) is 193 Å². The Kier molecular flexibility index (Phi) is 9.15. The van der Waals surface area contributed by atoms with Crippen LogP contribution in [0.1, 0.15) is 33.1 Å². The number of nitrogens with zero attached hydrogens (tertiary/aromatic N) is 3. The molecule has 28 heavy (non-hydrogen) atoms. The highest BCUT2D eigenvalue weighted by Gasteiger charge is 2.31. The monoisotopic (exact) mass is 397 g/mol. The van der Waals surface area contributed by atoms with Gasteiger partial charge in [0.15, 0.2) is 5.96 Å². The molecule has 12 nitrogen and oxygen atoms in total. The molecule has 0 aliphatic carbocycles. The molecule has 1 aliphatic heterocycles. The van der Waals surface area contributed by atoms with Gasteiger partial charge in [0.05, 0.1) is 6.54 Å². The van der Waals surface area contributed by atoms with E-state index < -0.39 is 18.0 Å². The number of primary amides is 1. The van der Waals surface area contributed by atoms with E-state index in [1.54, 1.807) is 0 Å². The first kappa shape index (κ1) is 23.1. The Bertz CT molecular complexity index is 633. The average molecular weight is 397 g/mol. The summed E-state index contributed by atoms with van der Waals surface area (Å²) in [5.74, 6) is -0.365. The number of carbonyl (C=O) groups is 3. The second-order valence-corrected chi connectivity index (χ2v) is 6.86. The second kappa shape index (κ2) is 11.1. The molecular formula is C16H31N9O3. The highest BCUT2D eigenvalue weighted by molar-refractivity contribution is 6.07. The summed E-state index contributed by atoms with van der Waals surface area (Å²) in [6.45, 7) is 4.47. The van der Waals surface area contributed by atoms with Crippen LogP contribution in [0.25, 0.3) is 0 Å². The van der Waals surface area contributed by atoms with Gasteiger partial charge in [-0.2, -0.15) is 0 Å². The molecule has 9 N–H and O–H groups in total. The Morgan fingerprint density at radius 3 is 2.64 bits per heavy atom. The summed E-state index contributed by atoms with van der Waals surface area (Å²) in [6, 6.07) is -1.75. The van der Waals surface area contributed by atoms with Gasteiger partial charge in [0.2, 0.25) is 11.9 Å². The molecule has 2 atom stereocenters. The van der Waals surface area contributed by atoms with E-state index in [9.17, 15) is 14.4 Å². The van der Waals surface area contributed by atoms with Crippen LogP contribution in [-0.4, -0.2) is 72.9 Å². The molecule has 0 aromatic heterocycles. The third kappa shape index (κ3) is 8.20. The van der Waals surface area contributed by atoms with Crippen LogP contribution in [0.2, 0.25) is 0 Å². The molecule has 158 valence electrons. The lowest BCUT2D eigenvalue weighted by Gasteiger charge is -2.30. The summed E-state index contributed by atoms with van der Waals surface area (Å²) < 4.78 is 0. The zero-order valence-corrected chi connectivity index (χ0v) is 16.6. The van der Waals surface area contributed by atoms with Gasteiger partial charge in [-0.15, -0.1) is 0 Å². The Morgan fingerprint density at radius 1 is 1.39 bits per heavy atom. The van der Waals surface area contributed by atoms with E-state index in [4.69, 9.17) is 17.2 Å². The van der Waals surface area contributed by atoms with Crippen LogP contribution in [0.15, 0.2) is 9.98 Å². The molecule has 0 spiro atoms. The fourth-order valence-electron chi connectivity index (χ4n) is 2.52. The summed E-state index contributed by atoms with van der Waals surface area (Å²) >= 11 is 0. The van der Waals surface area contributed by atoms with Gasteiger partial charge in [-0.25, -0.2) is 9.79 Å². The largest absolute Gasteiger partial charge is 0.370 e. The van der Waals surface area contributed by atoms with Crippen LogP contribution in [0.4, 0.5) is 4.79 Å². The van der Waals surface area contributed by atoms with E-state index in [0.29, 0.717) is 25.3 Å². The first-order valence-electron chi connectivity index (χ1n) is 9.09. The molecule has 1 rings (SSSR count). The van der Waals surface area contributed by atoms with Gasteiger partial charge < -0.3 is 27.4 Å². The van der Waals surface area contributed by atoms with Crippen LogP contribution < -0.4 is 33.2 Å². The summed E-state index contributed by atoms with van der Waals surface area (Å²) in [5, 5.41) is 7.57. The standard InChI is InChI=1S/C16H31N9O3/c1-9(2)22-14(18)20-6-4-5-10(17)7-12(26)25(3)11-8-21-16(23-13(11)27)24-15(19)28/h9-11H,4-8,17H2,1-3H3,(H3,18,20,22)(H4,19,21,23,24,27,28)/t10-,11?/m0/s1. The van der Waals surface area contributed by atoms with Crippen LogP contribution in [0.5, 0.6) is 0 Å². The molecule has 1 heterocycles. The molecule has 1 aliphatic rings. The number of hydrogen-bond donors (Lipinski definition) is 6. The molecule has 0 aromatic carbocycles. The SMILES string of the molecule is CC(C)NC(N)=NCCC[C@H](N)CC(=O)N(C)C1CN=C(NC(N)=O)NC1=O. The predicted octanol–water partition coefficient (Wildman–Crippen LogP) is -2.22. The highest BCUT2D eigenvalue weighted by Crippen LogP contribution is 2.08. The first-order chi connectivity index (χ1) is 13.1. The van der Waals surface area contributed by atoms with Gasteiger partial charge >= 0.3 is 6.03 Å². The van der Waals surface area contributed by atoms with Gasteiger partial charge in [-0.3, -0.25) is 25.2 Å². The predicted molar refractivity (Wildman–Crippen MR) is 106 cm³/mol. The van der Waals surface area contributed by atoms with Crippen molar-refractivity contribution in [3.8, 4) is 0 Å². The lowest BCUT2D eigenvalue weighted by molar-refractivity contribution is -0.138. The summed E-state index contributed by atoms with van der Waals surface area (Å²) in [4.78, 5) is 44.8. The number of nitrogens with one attached hydrogen (secondary N) is 3. The first-order valence-corrected chi connectivity index (χ1v) is 9.09. The summed E-state index contributed by atoms with van der Waals surface area (Å²) in [7, 11) is 1.52. The number of carbonyl (C=O) groups excluding carboxylic acids is 3. The molecule has 12 heteroatoms. The van der Waals surface area contributed by atoms with E-state index in [1.807, 2.05) is 13.8 Å². The van der Waals surface area contributed by atoms with Crippen LogP contribution >= 0.6 is 0 Å². The molecule has 0 radical (unpaired) electrons. The number of nitrogens with two attached hydrogens (primary N) is 3. The molecule has 4 amide bonds. The zero-order chi connectivity index (χ0) is 21.3. The van der Waals surface area contributed by atoms with Crippen molar-refractivity contribution in [2.45, 2.75) is 51.2 Å². The van der Waals surface area contributed by atoms with Crippen LogP contribution in [0.3, 0.4) is 0 Å². The van der Waals surface area contributed by atoms with E-state index >= 15 is 0 Å². The maximum Gasteiger partial charge on any atom is 0.318 e. The maximum atomic E-state index is 12.4. The van der Waals surface area contributed by atoms with Crippen molar-refractivity contribution >= 4 is 29.8 Å². The van der Waals surface area contributed by atoms with Crippen molar-refractivity contribution in [1.82, 2.24) is 20.9 Å². The smallest absolute Gasteiger partial charge is 0.318 e. The lowest BCUT2D eigenvalue weighted by atomic mass is 10.1. The van der Waals surface area contributed by atoms with Gasteiger partial charge in [0, 0.05) is 32.1 Å². The second-order valence-electron chi connectivity index (χ2n) is 6.86. The molecule has 0 saturated carbocycles. The Balaban J connectivity index is 2.42. The quantitative estimate of drug-likeness (QED) is 0.152. The third-order valence-electron chi connectivity index (χ3n) is 3.96. The van der Waals surface area contributed by atoms with Crippen molar-refractivity contribution in [2.75, 3.05) is 20.1 Å². The Labute approximate surface area is 164 Å². The number of hydrogen-bond acceptors (Lipinski definition) is 6. The van der Waals surface area contributed by atoms with Crippen molar-refractivity contribution in [3.05, 3.63) is 0 Å². The molecule has 0 bridgehead atoms. The van der Waals surface area contributed by atoms with Crippen molar-refractivity contribution in [2.24, 2.45) is 27.2 Å². The molecule has 1 unspecified atom stereocenters. The minimum absolute atomic E-state index is 0.0236. The minimum Gasteiger partial charge on any atom is -0.370 e. The maximum absolute atomic E-state index is 12.4. The number of aliphatic imine (C=N–C) groups is 2. The number of guanidine groups is 2. The fraction of sp³-hybridized carbons (Fsp3) is 0.688. The summed E-state index contributed by atoms with van der Waals surface area (Å²) in [6.07, 6.45) is 1.38. The Morgan fingerprint density at radius 2 is 2.07 bits per heavy atom. The van der Waals surface area contributed by atoms with Gasteiger partial charge in [0.1, 0.15) is 6.04 Å². The zero-order valence-electron chi connectivity index (χ0n) is 16.6. The van der Waals surface area contributed by atoms with E-state index in [1.165, 1.54) is 11.9 Å². The van der Waals surface area contributed by atoms with Crippen LogP contribution in [0, 0.1) is 0 Å². The fourth-order valence-corrected chi connectivity index (χ4v) is 2.52. The van der Waals surface area contributed by atoms with E-state index in [-0.39, 0.29) is 36.9 Å². The highest BCUT2D eigenvalue weighted by atomic mass is 16.2. The number of rotatable bonds is 8. The Hall–Kier alpha value is -2.89. The normalized spacial score (nSPS) is 18.2. The van der Waals surface area contributed by atoms with Crippen molar-refractivity contribution in [1.29, 1.82) is 0 Å². The summed E-state index contributed by atoms with van der Waals surface area (Å²) in [5.41, 5.74) is 16.7. The lowest BCUT2D eigenvalue weighted by Crippen LogP contribution is -2.58. The van der Waals surface area contributed by atoms with E-state index in [0.717, 1.165) is 0 Å². The number of amides is 4. The third-order valence-corrected chi connectivity index (χ3v) is 3.96. The van der Waals surface area contributed by atoms with Gasteiger partial charge in [-0.1, -0.05) is 0 Å². The van der Waals surface area contributed by atoms with Gasteiger partial charge in [0.25, 0.3) is 5.91 Å². The van der Waals surface area contributed by atoms with Gasteiger partial charge in [-0.05, 0) is 26.7 Å².